The molecule has 258 valence electrons. The van der Waals surface area contributed by atoms with Crippen molar-refractivity contribution in [3.8, 4) is 0 Å². The maximum absolute atomic E-state index is 14.3. The zero-order chi connectivity index (χ0) is 33.1. The number of rotatable bonds is 11. The first-order valence-electron chi connectivity index (χ1n) is 18.1. The van der Waals surface area contributed by atoms with E-state index in [0.717, 1.165) is 50.4 Å². The standard InChI is InChI=1S/C37H56O9/c1-19(34(41)44-27-16-32(39)43-18-27)7-24(35(42)46-37(6)25-9-21-8-22(11-25)12-26(37)10-21)15-28-20(2)23-13-29(28)30(14-23)31(38)17-33(40)45-36(3,4)5/h19-31,38H,7-18H2,1-6H3. The monoisotopic (exact) mass is 644 g/mol. The van der Waals surface area contributed by atoms with Gasteiger partial charge in [0.15, 0.2) is 0 Å². The van der Waals surface area contributed by atoms with E-state index in [2.05, 4.69) is 13.8 Å². The van der Waals surface area contributed by atoms with Crippen LogP contribution in [-0.4, -0.2) is 59.0 Å². The van der Waals surface area contributed by atoms with Gasteiger partial charge in [0.05, 0.1) is 30.8 Å². The molecule has 0 aromatic carbocycles. The molecule has 9 unspecified atom stereocenters. The zero-order valence-corrected chi connectivity index (χ0v) is 28.7. The second-order valence-corrected chi connectivity index (χ2v) is 17.4. The molecule has 1 saturated heterocycles. The molecule has 1 N–H and O–H groups in total. The van der Waals surface area contributed by atoms with Gasteiger partial charge in [0.1, 0.15) is 23.9 Å². The Morgan fingerprint density at radius 1 is 1.00 bits per heavy atom. The average Bonchev–Trinajstić information content (AvgIpc) is 3.65. The molecular weight excluding hydrogens is 588 g/mol. The van der Waals surface area contributed by atoms with Crippen LogP contribution in [0.5, 0.6) is 0 Å². The molecule has 9 heteroatoms. The summed E-state index contributed by atoms with van der Waals surface area (Å²) in [6, 6.07) is 0. The summed E-state index contributed by atoms with van der Waals surface area (Å²) < 4.78 is 22.7. The van der Waals surface area contributed by atoms with E-state index in [9.17, 15) is 24.3 Å². The van der Waals surface area contributed by atoms with Gasteiger partial charge in [0, 0.05) is 0 Å². The third kappa shape index (κ3) is 6.86. The van der Waals surface area contributed by atoms with Crippen molar-refractivity contribution in [2.75, 3.05) is 6.61 Å². The van der Waals surface area contributed by atoms with Crippen LogP contribution in [-0.2, 0) is 38.1 Å². The molecule has 0 spiro atoms. The van der Waals surface area contributed by atoms with Gasteiger partial charge in [0.25, 0.3) is 0 Å². The molecule has 46 heavy (non-hydrogen) atoms. The van der Waals surface area contributed by atoms with E-state index in [1.54, 1.807) is 6.92 Å². The number of ether oxygens (including phenoxy) is 4. The van der Waals surface area contributed by atoms with Crippen molar-refractivity contribution in [1.82, 2.24) is 0 Å². The van der Waals surface area contributed by atoms with Gasteiger partial charge in [-0.3, -0.25) is 19.2 Å². The van der Waals surface area contributed by atoms with E-state index in [-0.39, 0.29) is 55.1 Å². The second kappa shape index (κ2) is 12.7. The zero-order valence-electron chi connectivity index (χ0n) is 28.7. The lowest BCUT2D eigenvalue weighted by Crippen LogP contribution is -2.58. The molecule has 9 nitrogen and oxygen atoms in total. The molecule has 7 aliphatic rings. The molecule has 7 fully saturated rings. The van der Waals surface area contributed by atoms with Crippen LogP contribution < -0.4 is 0 Å². The highest BCUT2D eigenvalue weighted by atomic mass is 16.6. The predicted octanol–water partition coefficient (Wildman–Crippen LogP) is 5.64. The van der Waals surface area contributed by atoms with E-state index in [1.807, 2.05) is 20.8 Å². The van der Waals surface area contributed by atoms with Crippen LogP contribution in [0.15, 0.2) is 0 Å². The van der Waals surface area contributed by atoms with Crippen molar-refractivity contribution in [2.45, 2.75) is 136 Å². The van der Waals surface area contributed by atoms with Gasteiger partial charge in [-0.2, -0.15) is 0 Å². The van der Waals surface area contributed by atoms with Crippen molar-refractivity contribution in [3.63, 3.8) is 0 Å². The summed E-state index contributed by atoms with van der Waals surface area (Å²) in [7, 11) is 0. The molecule has 6 bridgehead atoms. The summed E-state index contributed by atoms with van der Waals surface area (Å²) >= 11 is 0. The molecule has 6 saturated carbocycles. The number of hydrogen-bond acceptors (Lipinski definition) is 9. The molecule has 6 aliphatic carbocycles. The third-order valence-electron chi connectivity index (χ3n) is 13.1. The molecule has 0 radical (unpaired) electrons. The summed E-state index contributed by atoms with van der Waals surface area (Å²) in [6.07, 6.45) is 7.23. The highest BCUT2D eigenvalue weighted by Crippen LogP contribution is 2.61. The van der Waals surface area contributed by atoms with Crippen LogP contribution in [0, 0.1) is 65.1 Å². The number of hydrogen-bond donors (Lipinski definition) is 1. The molecule has 0 aromatic rings. The van der Waals surface area contributed by atoms with Gasteiger partial charge in [0.2, 0.25) is 0 Å². The van der Waals surface area contributed by atoms with Crippen LogP contribution in [0.1, 0.15) is 112 Å². The number of fused-ring (bicyclic) bond motifs is 2. The number of carbonyl (C=O) groups is 4. The molecular formula is C37H56O9. The number of carbonyl (C=O) groups excluding carboxylic acids is 4. The summed E-state index contributed by atoms with van der Waals surface area (Å²) in [5, 5.41) is 11.2. The third-order valence-corrected chi connectivity index (χ3v) is 13.1. The van der Waals surface area contributed by atoms with E-state index in [1.165, 1.54) is 6.42 Å². The Hall–Kier alpha value is -2.16. The minimum Gasteiger partial charge on any atom is -0.462 e. The summed E-state index contributed by atoms with van der Waals surface area (Å²) in [6.45, 7) is 11.8. The normalized spacial score (nSPS) is 41.2. The smallest absolute Gasteiger partial charge is 0.309 e. The Labute approximate surface area is 274 Å². The highest BCUT2D eigenvalue weighted by Gasteiger charge is 2.58. The summed E-state index contributed by atoms with van der Waals surface area (Å²) in [5.74, 6) is 0.977. The van der Waals surface area contributed by atoms with Crippen molar-refractivity contribution in [3.05, 3.63) is 0 Å². The van der Waals surface area contributed by atoms with Gasteiger partial charge >= 0.3 is 23.9 Å². The van der Waals surface area contributed by atoms with Crippen molar-refractivity contribution in [1.29, 1.82) is 0 Å². The SMILES string of the molecule is CC(CC(CC1C(C)C2CC(C(O)CC(=O)OC(C)(C)C)C1C2)C(=O)OC1(C)C2CC3CC(C2)CC1C3)C(=O)OC1COC(=O)C1. The lowest BCUT2D eigenvalue weighted by atomic mass is 9.50. The van der Waals surface area contributed by atoms with Gasteiger partial charge in [-0.1, -0.05) is 13.8 Å². The lowest BCUT2D eigenvalue weighted by Gasteiger charge is -2.59. The fraction of sp³-hybridized carbons (Fsp3) is 0.892. The van der Waals surface area contributed by atoms with Crippen molar-refractivity contribution in [2.24, 2.45) is 65.1 Å². The Bertz CT molecular complexity index is 1160. The molecule has 0 amide bonds. The number of cyclic esters (lactones) is 1. The van der Waals surface area contributed by atoms with Crippen LogP contribution in [0.3, 0.4) is 0 Å². The van der Waals surface area contributed by atoms with Gasteiger partial charge in [-0.15, -0.1) is 0 Å². The Morgan fingerprint density at radius 3 is 2.22 bits per heavy atom. The molecule has 0 aromatic heterocycles. The Morgan fingerprint density at radius 2 is 1.65 bits per heavy atom. The molecule has 1 aliphatic heterocycles. The Balaban J connectivity index is 1.16. The fourth-order valence-electron chi connectivity index (χ4n) is 10.9. The van der Waals surface area contributed by atoms with Gasteiger partial charge in [-0.05, 0) is 139 Å². The van der Waals surface area contributed by atoms with Crippen LogP contribution >= 0.6 is 0 Å². The first-order valence-corrected chi connectivity index (χ1v) is 18.1. The molecule has 7 rings (SSSR count). The first-order chi connectivity index (χ1) is 21.6. The highest BCUT2D eigenvalue weighted by molar-refractivity contribution is 5.77. The second-order valence-electron chi connectivity index (χ2n) is 17.4. The fourth-order valence-corrected chi connectivity index (χ4v) is 10.9. The topological polar surface area (TPSA) is 125 Å². The first kappa shape index (κ1) is 33.7. The van der Waals surface area contributed by atoms with Crippen LogP contribution in [0.2, 0.25) is 0 Å². The van der Waals surface area contributed by atoms with Crippen molar-refractivity contribution >= 4 is 23.9 Å². The molecule has 1 heterocycles. The average molecular weight is 645 g/mol. The minimum absolute atomic E-state index is 0.0281. The summed E-state index contributed by atoms with van der Waals surface area (Å²) in [5.41, 5.74) is -1.08. The van der Waals surface area contributed by atoms with Gasteiger partial charge < -0.3 is 24.1 Å². The largest absolute Gasteiger partial charge is 0.462 e. The number of esters is 4. The Kier molecular flexibility index (Phi) is 9.31. The maximum atomic E-state index is 14.3. The van der Waals surface area contributed by atoms with E-state index >= 15 is 0 Å². The van der Waals surface area contributed by atoms with E-state index in [4.69, 9.17) is 18.9 Å². The van der Waals surface area contributed by atoms with Crippen LogP contribution in [0.4, 0.5) is 0 Å². The van der Waals surface area contributed by atoms with Crippen molar-refractivity contribution < 1.29 is 43.2 Å². The number of aliphatic hydroxyl groups is 1. The minimum atomic E-state index is -0.789. The lowest BCUT2D eigenvalue weighted by molar-refractivity contribution is -0.208. The van der Waals surface area contributed by atoms with E-state index in [0.29, 0.717) is 36.5 Å². The maximum Gasteiger partial charge on any atom is 0.309 e. The summed E-state index contributed by atoms with van der Waals surface area (Å²) in [4.78, 5) is 51.6. The predicted molar refractivity (Wildman–Crippen MR) is 168 cm³/mol. The van der Waals surface area contributed by atoms with Crippen LogP contribution in [0.25, 0.3) is 0 Å². The van der Waals surface area contributed by atoms with E-state index < -0.39 is 41.2 Å². The quantitative estimate of drug-likeness (QED) is 0.225. The molecule has 9 atom stereocenters. The number of aliphatic hydroxyl groups excluding tert-OH is 1. The van der Waals surface area contributed by atoms with Gasteiger partial charge in [-0.25, -0.2) is 0 Å².